The molecule has 3 aromatic rings. The molecule has 4 N–H and O–H groups in total. The fourth-order valence-corrected chi connectivity index (χ4v) is 3.03. The molecule has 0 aliphatic rings. The fraction of sp³-hybridized carbons (Fsp3) is 0. The van der Waals surface area contributed by atoms with E-state index >= 15 is 0 Å². The molecule has 3 aromatic carbocycles. The molecule has 31 heavy (non-hydrogen) atoms. The van der Waals surface area contributed by atoms with Crippen LogP contribution in [-0.4, -0.2) is 18.9 Å². The highest BCUT2D eigenvalue weighted by atomic mass is 32.2. The predicted octanol–water partition coefficient (Wildman–Crippen LogP) is 4.13. The third-order valence-electron chi connectivity index (χ3n) is 4.11. The smallest absolute Gasteiger partial charge is 0.294 e. The van der Waals surface area contributed by atoms with Crippen molar-refractivity contribution in [1.82, 2.24) is 0 Å². The van der Waals surface area contributed by atoms with Crippen LogP contribution in [0.2, 0.25) is 0 Å². The van der Waals surface area contributed by atoms with Crippen LogP contribution < -0.4 is 16.0 Å². The van der Waals surface area contributed by atoms with Crippen LogP contribution >= 0.6 is 0 Å². The van der Waals surface area contributed by atoms with Gasteiger partial charge in [-0.25, -0.2) is 0 Å². The maximum Gasteiger partial charge on any atom is 0.294 e. The summed E-state index contributed by atoms with van der Waals surface area (Å²) < 4.78 is 31.1. The Morgan fingerprint density at radius 3 is 1.97 bits per heavy atom. The van der Waals surface area contributed by atoms with Crippen molar-refractivity contribution in [3.63, 3.8) is 0 Å². The largest absolute Gasteiger partial charge is 0.360 e. The predicted molar refractivity (Wildman–Crippen MR) is 118 cm³/mol. The molecule has 0 spiro atoms. The third-order valence-corrected chi connectivity index (χ3v) is 4.97. The summed E-state index contributed by atoms with van der Waals surface area (Å²) >= 11 is 0. The Morgan fingerprint density at radius 1 is 0.839 bits per heavy atom. The van der Waals surface area contributed by atoms with Gasteiger partial charge in [-0.15, -0.1) is 0 Å². The number of benzene rings is 3. The lowest BCUT2D eigenvalue weighted by Crippen LogP contribution is -2.14. The molecule has 0 saturated heterocycles. The maximum atomic E-state index is 12.3. The van der Waals surface area contributed by atoms with Gasteiger partial charge >= 0.3 is 0 Å². The van der Waals surface area contributed by atoms with Crippen LogP contribution in [0.4, 0.5) is 22.7 Å². The molecule has 0 aliphatic heterocycles. The van der Waals surface area contributed by atoms with E-state index in [4.69, 9.17) is 4.55 Å². The Bertz CT molecular complexity index is 1230. The molecule has 3 rings (SSSR count). The van der Waals surface area contributed by atoms with Crippen molar-refractivity contribution in [2.24, 2.45) is 0 Å². The van der Waals surface area contributed by atoms with Crippen molar-refractivity contribution >= 4 is 38.8 Å². The van der Waals surface area contributed by atoms with Crippen molar-refractivity contribution in [2.45, 2.75) is 4.90 Å². The van der Waals surface area contributed by atoms with Crippen molar-refractivity contribution in [2.75, 3.05) is 16.0 Å². The second-order valence-electron chi connectivity index (χ2n) is 6.34. The summed E-state index contributed by atoms with van der Waals surface area (Å²) in [6.45, 7) is 0. The highest BCUT2D eigenvalue weighted by Gasteiger charge is 2.12. The number of carbonyl (C=O) groups excluding carboxylic acids is 1. The zero-order valence-electron chi connectivity index (χ0n) is 16.1. The molecule has 0 heterocycles. The van der Waals surface area contributed by atoms with Crippen LogP contribution in [0.15, 0.2) is 95.5 Å². The van der Waals surface area contributed by atoms with E-state index in [2.05, 4.69) is 16.0 Å². The molecular weight excluding hydrogens is 416 g/mol. The van der Waals surface area contributed by atoms with Gasteiger partial charge in [0.15, 0.2) is 0 Å². The average molecular weight is 434 g/mol. The molecule has 0 atom stereocenters. The Morgan fingerprint density at radius 2 is 1.39 bits per heavy atom. The second kappa shape index (κ2) is 9.58. The van der Waals surface area contributed by atoms with E-state index in [-0.39, 0.29) is 16.2 Å². The van der Waals surface area contributed by atoms with E-state index in [0.29, 0.717) is 5.69 Å². The Labute approximate surface area is 179 Å². The van der Waals surface area contributed by atoms with E-state index < -0.39 is 16.0 Å². The maximum absolute atomic E-state index is 12.3. The first-order valence-corrected chi connectivity index (χ1v) is 10.5. The Hall–Kier alpha value is -4.13. The Balaban J connectivity index is 1.62. The van der Waals surface area contributed by atoms with Gasteiger partial charge in [-0.1, -0.05) is 18.2 Å². The Kier molecular flexibility index (Phi) is 6.67. The molecular formula is C22H18N4O4S. The third kappa shape index (κ3) is 6.17. The zero-order valence-corrected chi connectivity index (χ0v) is 16.9. The number of anilines is 4. The summed E-state index contributed by atoms with van der Waals surface area (Å²) in [5, 5.41) is 17.9. The minimum absolute atomic E-state index is 0.176. The molecule has 0 aromatic heterocycles. The SMILES string of the molecule is N#C/C(=C/Nc1ccc(Nc2ccccc2)cc1)C(=O)Nc1ccc(S(=O)(=O)O)cc1. The molecule has 0 unspecified atom stereocenters. The summed E-state index contributed by atoms with van der Waals surface area (Å²) in [5.41, 5.74) is 2.61. The summed E-state index contributed by atoms with van der Waals surface area (Å²) in [6.07, 6.45) is 1.28. The first-order chi connectivity index (χ1) is 14.8. The monoisotopic (exact) mass is 434 g/mol. The van der Waals surface area contributed by atoms with Crippen LogP contribution in [0.25, 0.3) is 0 Å². The number of amides is 1. The van der Waals surface area contributed by atoms with Gasteiger partial charge in [-0.3, -0.25) is 9.35 Å². The van der Waals surface area contributed by atoms with Gasteiger partial charge in [0, 0.05) is 28.9 Å². The standard InChI is InChI=1S/C22H18N4O4S/c23-14-16(22(27)26-20-10-12-21(13-11-20)31(28,29)30)15-24-17-6-8-19(9-7-17)25-18-4-2-1-3-5-18/h1-13,15,24-25H,(H,26,27)(H,28,29,30)/b16-15-. The molecule has 8 nitrogen and oxygen atoms in total. The highest BCUT2D eigenvalue weighted by molar-refractivity contribution is 7.85. The van der Waals surface area contributed by atoms with Crippen LogP contribution in [-0.2, 0) is 14.9 Å². The van der Waals surface area contributed by atoms with Crippen LogP contribution in [0.1, 0.15) is 0 Å². The molecule has 0 radical (unpaired) electrons. The van der Waals surface area contributed by atoms with Crippen LogP contribution in [0.5, 0.6) is 0 Å². The van der Waals surface area contributed by atoms with Crippen LogP contribution in [0, 0.1) is 11.3 Å². The summed E-state index contributed by atoms with van der Waals surface area (Å²) in [6, 6.07) is 23.7. The molecule has 156 valence electrons. The number of nitrogens with zero attached hydrogens (tertiary/aromatic N) is 1. The number of rotatable bonds is 7. The van der Waals surface area contributed by atoms with Crippen molar-refractivity contribution in [3.05, 3.63) is 90.6 Å². The summed E-state index contributed by atoms with van der Waals surface area (Å²) in [4.78, 5) is 12.0. The first-order valence-electron chi connectivity index (χ1n) is 9.03. The first kappa shape index (κ1) is 21.6. The molecule has 0 aliphatic carbocycles. The summed E-state index contributed by atoms with van der Waals surface area (Å²) in [7, 11) is -4.32. The summed E-state index contributed by atoms with van der Waals surface area (Å²) in [5.74, 6) is -0.669. The van der Waals surface area contributed by atoms with Gasteiger partial charge in [0.2, 0.25) is 0 Å². The second-order valence-corrected chi connectivity index (χ2v) is 7.76. The number of hydrogen-bond acceptors (Lipinski definition) is 6. The van der Waals surface area contributed by atoms with E-state index in [0.717, 1.165) is 23.5 Å². The fourth-order valence-electron chi connectivity index (χ4n) is 2.55. The minimum Gasteiger partial charge on any atom is -0.360 e. The number of para-hydroxylation sites is 1. The topological polar surface area (TPSA) is 131 Å². The number of nitrogens with one attached hydrogen (secondary N) is 3. The van der Waals surface area contributed by atoms with Crippen molar-refractivity contribution in [3.8, 4) is 6.07 Å². The lowest BCUT2D eigenvalue weighted by molar-refractivity contribution is -0.112. The lowest BCUT2D eigenvalue weighted by atomic mass is 10.2. The number of hydrogen-bond donors (Lipinski definition) is 4. The normalized spacial score (nSPS) is 11.3. The van der Waals surface area contributed by atoms with Gasteiger partial charge < -0.3 is 16.0 Å². The number of carbonyl (C=O) groups is 1. The van der Waals surface area contributed by atoms with Gasteiger partial charge in [0.05, 0.1) is 4.90 Å². The van der Waals surface area contributed by atoms with Crippen molar-refractivity contribution < 1.29 is 17.8 Å². The van der Waals surface area contributed by atoms with E-state index in [1.807, 2.05) is 48.5 Å². The van der Waals surface area contributed by atoms with Gasteiger partial charge in [0.1, 0.15) is 11.6 Å². The quantitative estimate of drug-likeness (QED) is 0.250. The zero-order chi connectivity index (χ0) is 22.3. The van der Waals surface area contributed by atoms with E-state index in [9.17, 15) is 18.5 Å². The van der Waals surface area contributed by atoms with E-state index in [1.54, 1.807) is 12.1 Å². The van der Waals surface area contributed by atoms with E-state index in [1.165, 1.54) is 18.3 Å². The highest BCUT2D eigenvalue weighted by Crippen LogP contribution is 2.19. The minimum atomic E-state index is -4.32. The average Bonchev–Trinajstić information content (AvgIpc) is 2.76. The molecule has 0 fully saturated rings. The molecule has 0 saturated carbocycles. The van der Waals surface area contributed by atoms with Gasteiger partial charge in [0.25, 0.3) is 16.0 Å². The number of nitriles is 1. The van der Waals surface area contributed by atoms with Crippen molar-refractivity contribution in [1.29, 1.82) is 5.26 Å². The molecule has 0 bridgehead atoms. The van der Waals surface area contributed by atoms with Gasteiger partial charge in [-0.2, -0.15) is 13.7 Å². The van der Waals surface area contributed by atoms with Crippen LogP contribution in [0.3, 0.4) is 0 Å². The van der Waals surface area contributed by atoms with Gasteiger partial charge in [-0.05, 0) is 60.7 Å². The lowest BCUT2D eigenvalue weighted by Gasteiger charge is -2.08. The molecule has 9 heteroatoms. The molecule has 1 amide bonds.